The van der Waals surface area contributed by atoms with Gasteiger partial charge in [0.25, 0.3) is 11.6 Å². The number of hydrogen-bond donors (Lipinski definition) is 1. The van der Waals surface area contributed by atoms with E-state index in [1.807, 2.05) is 0 Å². The van der Waals surface area contributed by atoms with E-state index in [1.54, 1.807) is 0 Å². The Hall–Kier alpha value is -3.33. The minimum Gasteiger partial charge on any atom is -0.451 e. The molecule has 1 N–H and O–H groups in total. The number of nitro groups is 1. The van der Waals surface area contributed by atoms with Crippen LogP contribution in [0, 0.1) is 10.1 Å². The third-order valence-electron chi connectivity index (χ3n) is 3.72. The summed E-state index contributed by atoms with van der Waals surface area (Å²) in [4.78, 5) is 22.4. The quantitative estimate of drug-likeness (QED) is 0.436. The Kier molecular flexibility index (Phi) is 5.10. The maximum Gasteiger partial charge on any atom is 0.416 e. The number of carbonyl (C=O) groups excluding carboxylic acids is 1. The van der Waals surface area contributed by atoms with Crippen LogP contribution in [-0.4, -0.2) is 10.8 Å². The van der Waals surface area contributed by atoms with Crippen molar-refractivity contribution in [1.29, 1.82) is 0 Å². The van der Waals surface area contributed by atoms with E-state index in [0.29, 0.717) is 0 Å². The predicted molar refractivity (Wildman–Crippen MR) is 95.2 cm³/mol. The minimum atomic E-state index is -4.50. The molecule has 1 heterocycles. The molecule has 0 saturated carbocycles. The Balaban J connectivity index is 1.81. The zero-order chi connectivity index (χ0) is 20.5. The molecule has 0 aliphatic carbocycles. The van der Waals surface area contributed by atoms with E-state index in [2.05, 4.69) is 5.32 Å². The van der Waals surface area contributed by atoms with Crippen molar-refractivity contribution in [3.05, 3.63) is 81.1 Å². The molecule has 2 aromatic carbocycles. The summed E-state index contributed by atoms with van der Waals surface area (Å²) < 4.78 is 43.8. The van der Waals surface area contributed by atoms with Gasteiger partial charge < -0.3 is 9.73 Å². The van der Waals surface area contributed by atoms with Crippen molar-refractivity contribution < 1.29 is 27.3 Å². The second kappa shape index (κ2) is 7.35. The van der Waals surface area contributed by atoms with Crippen LogP contribution in [0.1, 0.15) is 16.1 Å². The zero-order valence-electron chi connectivity index (χ0n) is 13.8. The van der Waals surface area contributed by atoms with Gasteiger partial charge in [-0.2, -0.15) is 13.2 Å². The summed E-state index contributed by atoms with van der Waals surface area (Å²) in [5, 5.41) is 13.1. The van der Waals surface area contributed by atoms with Crippen LogP contribution in [0.3, 0.4) is 0 Å². The van der Waals surface area contributed by atoms with Gasteiger partial charge in [0.15, 0.2) is 5.76 Å². The van der Waals surface area contributed by atoms with E-state index < -0.39 is 22.6 Å². The number of benzene rings is 2. The molecule has 0 bridgehead atoms. The molecular weight excluding hydrogens is 401 g/mol. The number of halogens is 4. The Morgan fingerprint density at radius 3 is 2.50 bits per heavy atom. The van der Waals surface area contributed by atoms with Gasteiger partial charge in [-0.3, -0.25) is 14.9 Å². The summed E-state index contributed by atoms with van der Waals surface area (Å²) in [5.74, 6) is -0.804. The topological polar surface area (TPSA) is 85.4 Å². The summed E-state index contributed by atoms with van der Waals surface area (Å²) in [5.41, 5.74) is -0.811. The number of nitrogens with one attached hydrogen (secondary N) is 1. The Morgan fingerprint density at radius 2 is 1.86 bits per heavy atom. The van der Waals surface area contributed by atoms with Crippen LogP contribution in [-0.2, 0) is 6.18 Å². The van der Waals surface area contributed by atoms with Gasteiger partial charge in [0.05, 0.1) is 21.2 Å². The molecule has 6 nitrogen and oxygen atoms in total. The predicted octanol–water partition coefficient (Wildman–Crippen LogP) is 5.78. The number of anilines is 1. The van der Waals surface area contributed by atoms with Gasteiger partial charge in [-0.1, -0.05) is 23.7 Å². The number of non-ortho nitro benzene ring substituents is 1. The molecule has 0 spiro atoms. The minimum absolute atomic E-state index is 0.0489. The number of nitro benzene ring substituents is 1. The van der Waals surface area contributed by atoms with E-state index in [0.717, 1.165) is 24.3 Å². The highest BCUT2D eigenvalue weighted by molar-refractivity contribution is 6.34. The first-order valence-electron chi connectivity index (χ1n) is 7.68. The fourth-order valence-electron chi connectivity index (χ4n) is 2.37. The molecule has 0 aliphatic rings. The van der Waals surface area contributed by atoms with Crippen molar-refractivity contribution in [3.63, 3.8) is 0 Å². The third-order valence-corrected chi connectivity index (χ3v) is 4.03. The lowest BCUT2D eigenvalue weighted by molar-refractivity contribution is -0.384. The largest absolute Gasteiger partial charge is 0.451 e. The number of amides is 1. The van der Waals surface area contributed by atoms with E-state index in [-0.39, 0.29) is 33.5 Å². The Morgan fingerprint density at radius 1 is 1.11 bits per heavy atom. The van der Waals surface area contributed by atoms with Gasteiger partial charge in [0, 0.05) is 17.7 Å². The maximum absolute atomic E-state index is 12.8. The van der Waals surface area contributed by atoms with Crippen molar-refractivity contribution in [1.82, 2.24) is 0 Å². The molecule has 1 aromatic heterocycles. The van der Waals surface area contributed by atoms with Crippen molar-refractivity contribution in [2.45, 2.75) is 6.18 Å². The Labute approximate surface area is 160 Å². The van der Waals surface area contributed by atoms with Crippen LogP contribution in [0.25, 0.3) is 11.3 Å². The number of alkyl halides is 3. The van der Waals surface area contributed by atoms with Gasteiger partial charge in [-0.15, -0.1) is 0 Å². The number of hydrogen-bond acceptors (Lipinski definition) is 4. The van der Waals surface area contributed by atoms with Crippen LogP contribution < -0.4 is 5.32 Å². The smallest absolute Gasteiger partial charge is 0.416 e. The maximum atomic E-state index is 12.8. The van der Waals surface area contributed by atoms with Gasteiger partial charge in [0.2, 0.25) is 0 Å². The van der Waals surface area contributed by atoms with Gasteiger partial charge >= 0.3 is 6.18 Å². The molecule has 10 heteroatoms. The first-order chi connectivity index (χ1) is 13.1. The highest BCUT2D eigenvalue weighted by Gasteiger charge is 2.30. The average molecular weight is 411 g/mol. The number of rotatable bonds is 4. The molecule has 144 valence electrons. The fraction of sp³-hybridized carbons (Fsp3) is 0.0556. The first-order valence-corrected chi connectivity index (χ1v) is 8.06. The SMILES string of the molecule is O=C(Nc1ccc([N+](=O)[O-])cc1Cl)c1ccc(-c2cccc(C(F)(F)F)c2)o1. The lowest BCUT2D eigenvalue weighted by Gasteiger charge is -2.07. The molecule has 28 heavy (non-hydrogen) atoms. The van der Waals surface area contributed by atoms with Crippen LogP contribution in [0.2, 0.25) is 5.02 Å². The molecule has 0 aliphatic heterocycles. The van der Waals surface area contributed by atoms with E-state index in [9.17, 15) is 28.1 Å². The summed E-state index contributed by atoms with van der Waals surface area (Å²) >= 11 is 5.91. The molecule has 3 aromatic rings. The van der Waals surface area contributed by atoms with Gasteiger partial charge in [-0.05, 0) is 30.3 Å². The van der Waals surface area contributed by atoms with Crippen molar-refractivity contribution >= 4 is 28.9 Å². The second-order valence-corrected chi connectivity index (χ2v) is 6.03. The van der Waals surface area contributed by atoms with Crippen LogP contribution in [0.5, 0.6) is 0 Å². The molecule has 0 radical (unpaired) electrons. The van der Waals surface area contributed by atoms with Crippen molar-refractivity contribution in [2.24, 2.45) is 0 Å². The molecule has 0 unspecified atom stereocenters. The van der Waals surface area contributed by atoms with Crippen LogP contribution in [0.15, 0.2) is 59.0 Å². The Bertz CT molecular complexity index is 1060. The van der Waals surface area contributed by atoms with Crippen molar-refractivity contribution in [2.75, 3.05) is 5.32 Å². The fourth-order valence-corrected chi connectivity index (χ4v) is 2.59. The summed E-state index contributed by atoms with van der Waals surface area (Å²) in [6.45, 7) is 0. The third kappa shape index (κ3) is 4.15. The number of furan rings is 1. The molecule has 0 fully saturated rings. The molecule has 1 amide bonds. The number of nitrogens with zero attached hydrogens (tertiary/aromatic N) is 1. The highest BCUT2D eigenvalue weighted by atomic mass is 35.5. The lowest BCUT2D eigenvalue weighted by Crippen LogP contribution is -2.11. The average Bonchev–Trinajstić information content (AvgIpc) is 3.13. The molecule has 0 atom stereocenters. The first kappa shape index (κ1) is 19.4. The summed E-state index contributed by atoms with van der Waals surface area (Å²) in [6, 6.07) is 10.6. The molecule has 3 rings (SSSR count). The normalized spacial score (nSPS) is 11.3. The number of carbonyl (C=O) groups is 1. The van der Waals surface area contributed by atoms with E-state index in [4.69, 9.17) is 16.0 Å². The highest BCUT2D eigenvalue weighted by Crippen LogP contribution is 2.33. The van der Waals surface area contributed by atoms with E-state index in [1.165, 1.54) is 30.3 Å². The summed E-state index contributed by atoms with van der Waals surface area (Å²) in [7, 11) is 0. The molecule has 0 saturated heterocycles. The van der Waals surface area contributed by atoms with Crippen LogP contribution in [0.4, 0.5) is 24.5 Å². The zero-order valence-corrected chi connectivity index (χ0v) is 14.5. The summed E-state index contributed by atoms with van der Waals surface area (Å²) in [6.07, 6.45) is -4.50. The molecular formula is C18H10ClF3N2O4. The van der Waals surface area contributed by atoms with Crippen molar-refractivity contribution in [3.8, 4) is 11.3 Å². The lowest BCUT2D eigenvalue weighted by atomic mass is 10.1. The standard InChI is InChI=1S/C18H10ClF3N2O4/c19-13-9-12(24(26)27)4-5-14(13)23-17(25)16-7-6-15(28-16)10-2-1-3-11(8-10)18(20,21)22/h1-9H,(H,23,25). The monoisotopic (exact) mass is 410 g/mol. The van der Waals surface area contributed by atoms with Gasteiger partial charge in [0.1, 0.15) is 5.76 Å². The van der Waals surface area contributed by atoms with Gasteiger partial charge in [-0.25, -0.2) is 0 Å². The van der Waals surface area contributed by atoms with Crippen LogP contribution >= 0.6 is 11.6 Å². The second-order valence-electron chi connectivity index (χ2n) is 5.62. The van der Waals surface area contributed by atoms with E-state index >= 15 is 0 Å².